The average molecular weight is 334 g/mol. The van der Waals surface area contributed by atoms with Gasteiger partial charge < -0.3 is 20.5 Å². The van der Waals surface area contributed by atoms with Gasteiger partial charge in [0.1, 0.15) is 0 Å². The van der Waals surface area contributed by atoms with Gasteiger partial charge in [0, 0.05) is 12.1 Å². The van der Waals surface area contributed by atoms with Gasteiger partial charge in [0.25, 0.3) is 11.8 Å². The lowest BCUT2D eigenvalue weighted by molar-refractivity contribution is -0.119. The molecule has 0 radical (unpaired) electrons. The van der Waals surface area contributed by atoms with Crippen molar-refractivity contribution >= 4 is 11.8 Å². The summed E-state index contributed by atoms with van der Waals surface area (Å²) >= 11 is 0. The van der Waals surface area contributed by atoms with E-state index in [2.05, 4.69) is 5.32 Å². The number of ether oxygens (including phenoxy) is 2. The van der Waals surface area contributed by atoms with Crippen molar-refractivity contribution < 1.29 is 19.1 Å². The van der Waals surface area contributed by atoms with E-state index in [4.69, 9.17) is 15.2 Å². The largest absolute Gasteiger partial charge is 0.493 e. The number of carbonyl (C=O) groups excluding carboxylic acids is 2. The smallest absolute Gasteiger partial charge is 0.255 e. The molecule has 0 aromatic heterocycles. The maximum Gasteiger partial charge on any atom is 0.255 e. The van der Waals surface area contributed by atoms with Crippen LogP contribution in [-0.2, 0) is 4.79 Å². The molecule has 0 bridgehead atoms. The maximum atomic E-state index is 12.2. The monoisotopic (exact) mass is 334 g/mol. The minimum Gasteiger partial charge on any atom is -0.493 e. The van der Waals surface area contributed by atoms with Crippen molar-refractivity contribution in [1.29, 1.82) is 0 Å². The summed E-state index contributed by atoms with van der Waals surface area (Å²) in [6.07, 6.45) is 7.55. The van der Waals surface area contributed by atoms with Crippen molar-refractivity contribution in [1.82, 2.24) is 5.32 Å². The van der Waals surface area contributed by atoms with Crippen LogP contribution in [0, 0.1) is 5.92 Å². The quantitative estimate of drug-likeness (QED) is 0.678. The van der Waals surface area contributed by atoms with E-state index in [1.54, 1.807) is 18.2 Å². The molecule has 1 aliphatic rings. The van der Waals surface area contributed by atoms with Gasteiger partial charge in [0.15, 0.2) is 18.1 Å². The number of benzene rings is 1. The van der Waals surface area contributed by atoms with Crippen molar-refractivity contribution in [3.8, 4) is 11.5 Å². The van der Waals surface area contributed by atoms with Crippen molar-refractivity contribution in [3.63, 3.8) is 0 Å². The van der Waals surface area contributed by atoms with Crippen LogP contribution in [0.1, 0.15) is 48.9 Å². The van der Waals surface area contributed by atoms with Gasteiger partial charge in [0.2, 0.25) is 0 Å². The van der Waals surface area contributed by atoms with E-state index in [0.717, 1.165) is 12.3 Å². The van der Waals surface area contributed by atoms with Gasteiger partial charge in [-0.05, 0) is 37.0 Å². The number of primary amides is 1. The molecule has 24 heavy (non-hydrogen) atoms. The molecule has 0 unspecified atom stereocenters. The van der Waals surface area contributed by atoms with E-state index in [1.807, 2.05) is 0 Å². The van der Waals surface area contributed by atoms with Gasteiger partial charge in [-0.2, -0.15) is 0 Å². The molecule has 1 aromatic carbocycles. The molecule has 0 saturated heterocycles. The molecule has 3 N–H and O–H groups in total. The van der Waals surface area contributed by atoms with Gasteiger partial charge in [-0.1, -0.05) is 25.7 Å². The van der Waals surface area contributed by atoms with Crippen molar-refractivity contribution in [2.45, 2.75) is 38.5 Å². The van der Waals surface area contributed by atoms with Gasteiger partial charge in [-0.25, -0.2) is 0 Å². The predicted molar refractivity (Wildman–Crippen MR) is 91.2 cm³/mol. The molecule has 2 rings (SSSR count). The zero-order valence-corrected chi connectivity index (χ0v) is 14.2. The molecule has 1 fully saturated rings. The highest BCUT2D eigenvalue weighted by molar-refractivity contribution is 5.94. The number of methoxy groups -OCH3 is 1. The second-order valence-corrected chi connectivity index (χ2v) is 6.17. The Morgan fingerprint density at radius 3 is 2.67 bits per heavy atom. The van der Waals surface area contributed by atoms with E-state index in [0.29, 0.717) is 23.6 Å². The fourth-order valence-electron chi connectivity index (χ4n) is 3.07. The summed E-state index contributed by atoms with van der Waals surface area (Å²) in [5.41, 5.74) is 5.55. The van der Waals surface area contributed by atoms with Crippen LogP contribution in [0.4, 0.5) is 0 Å². The predicted octanol–water partition coefficient (Wildman–Crippen LogP) is 2.26. The number of hydrogen-bond donors (Lipinski definition) is 2. The van der Waals surface area contributed by atoms with Crippen LogP contribution >= 0.6 is 0 Å². The van der Waals surface area contributed by atoms with Crippen LogP contribution in [0.3, 0.4) is 0 Å². The van der Waals surface area contributed by atoms with Gasteiger partial charge in [-0.3, -0.25) is 9.59 Å². The summed E-state index contributed by atoms with van der Waals surface area (Å²) in [5.74, 6) is 0.912. The van der Waals surface area contributed by atoms with Crippen molar-refractivity contribution in [3.05, 3.63) is 23.8 Å². The fourth-order valence-corrected chi connectivity index (χ4v) is 3.07. The number of nitrogens with two attached hydrogens (primary N) is 1. The first kappa shape index (κ1) is 18.1. The molecule has 0 atom stereocenters. The molecule has 0 aliphatic heterocycles. The molecule has 6 heteroatoms. The number of hydrogen-bond acceptors (Lipinski definition) is 4. The number of rotatable bonds is 9. The third-order valence-electron chi connectivity index (χ3n) is 4.35. The highest BCUT2D eigenvalue weighted by atomic mass is 16.5. The maximum absolute atomic E-state index is 12.2. The summed E-state index contributed by atoms with van der Waals surface area (Å²) in [6.45, 7) is 0.445. The lowest BCUT2D eigenvalue weighted by Gasteiger charge is -2.12. The van der Waals surface area contributed by atoms with Crippen LogP contribution in [-0.4, -0.2) is 32.1 Å². The molecule has 132 valence electrons. The Kier molecular flexibility index (Phi) is 6.90. The lowest BCUT2D eigenvalue weighted by Crippen LogP contribution is -2.25. The van der Waals surface area contributed by atoms with E-state index in [9.17, 15) is 9.59 Å². The van der Waals surface area contributed by atoms with Crippen LogP contribution in [0.2, 0.25) is 0 Å². The van der Waals surface area contributed by atoms with Crippen molar-refractivity contribution in [2.24, 2.45) is 11.7 Å². The molecule has 0 heterocycles. The molecule has 1 aliphatic carbocycles. The molecule has 1 saturated carbocycles. The number of carbonyl (C=O) groups is 2. The highest BCUT2D eigenvalue weighted by Crippen LogP contribution is 2.29. The van der Waals surface area contributed by atoms with E-state index >= 15 is 0 Å². The van der Waals surface area contributed by atoms with E-state index in [-0.39, 0.29) is 12.5 Å². The molecule has 2 amide bonds. The molecular weight excluding hydrogens is 308 g/mol. The van der Waals surface area contributed by atoms with Crippen LogP contribution < -0.4 is 20.5 Å². The zero-order chi connectivity index (χ0) is 17.4. The topological polar surface area (TPSA) is 90.7 Å². The Morgan fingerprint density at radius 2 is 2.00 bits per heavy atom. The first-order valence-corrected chi connectivity index (χ1v) is 8.47. The first-order chi connectivity index (χ1) is 11.6. The Labute approximate surface area is 142 Å². The Balaban J connectivity index is 1.83. The first-order valence-electron chi connectivity index (χ1n) is 8.47. The summed E-state index contributed by atoms with van der Waals surface area (Å²) in [6, 6.07) is 4.85. The SMILES string of the molecule is COc1cc(C(=O)NCCCC2CCCC2)ccc1OCC(N)=O. The average Bonchev–Trinajstić information content (AvgIpc) is 3.09. The van der Waals surface area contributed by atoms with Crippen LogP contribution in [0.15, 0.2) is 18.2 Å². The van der Waals surface area contributed by atoms with Crippen LogP contribution in [0.5, 0.6) is 11.5 Å². The summed E-state index contributed by atoms with van der Waals surface area (Å²) in [5, 5.41) is 2.93. The minimum atomic E-state index is -0.568. The van der Waals surface area contributed by atoms with Gasteiger partial charge >= 0.3 is 0 Å². The van der Waals surface area contributed by atoms with Gasteiger partial charge in [-0.15, -0.1) is 0 Å². The van der Waals surface area contributed by atoms with E-state index in [1.165, 1.54) is 39.2 Å². The summed E-state index contributed by atoms with van der Waals surface area (Å²) < 4.78 is 10.5. The van der Waals surface area contributed by atoms with Crippen LogP contribution in [0.25, 0.3) is 0 Å². The highest BCUT2D eigenvalue weighted by Gasteiger charge is 2.15. The lowest BCUT2D eigenvalue weighted by atomic mass is 10.0. The second kappa shape index (κ2) is 9.15. The Hall–Kier alpha value is -2.24. The minimum absolute atomic E-state index is 0.138. The number of nitrogens with one attached hydrogen (secondary N) is 1. The Bertz CT molecular complexity index is 568. The van der Waals surface area contributed by atoms with Crippen molar-refractivity contribution in [2.75, 3.05) is 20.3 Å². The third-order valence-corrected chi connectivity index (χ3v) is 4.35. The Morgan fingerprint density at radius 1 is 1.25 bits per heavy atom. The second-order valence-electron chi connectivity index (χ2n) is 6.17. The molecular formula is C18H26N2O4. The van der Waals surface area contributed by atoms with E-state index < -0.39 is 5.91 Å². The standard InChI is InChI=1S/C18H26N2O4/c1-23-16-11-14(8-9-15(16)24-12-17(19)21)18(22)20-10-4-7-13-5-2-3-6-13/h8-9,11,13H,2-7,10,12H2,1H3,(H2,19,21)(H,20,22). The van der Waals surface area contributed by atoms with Gasteiger partial charge in [0.05, 0.1) is 7.11 Å². The number of amides is 2. The fraction of sp³-hybridized carbons (Fsp3) is 0.556. The zero-order valence-electron chi connectivity index (χ0n) is 14.2. The molecule has 1 aromatic rings. The normalized spacial score (nSPS) is 14.4. The molecule has 0 spiro atoms. The summed E-state index contributed by atoms with van der Waals surface area (Å²) in [4.78, 5) is 23.0. The third kappa shape index (κ3) is 5.44. The molecule has 6 nitrogen and oxygen atoms in total. The summed E-state index contributed by atoms with van der Waals surface area (Å²) in [7, 11) is 1.48.